The third-order valence-electron chi connectivity index (χ3n) is 5.14. The molecule has 2 aliphatic rings. The first-order valence-corrected chi connectivity index (χ1v) is 8.43. The summed E-state index contributed by atoms with van der Waals surface area (Å²) < 4.78 is 1.83. The van der Waals surface area contributed by atoms with Crippen LogP contribution in [0.5, 0.6) is 0 Å². The van der Waals surface area contributed by atoms with Crippen molar-refractivity contribution >= 4 is 11.0 Å². The summed E-state index contributed by atoms with van der Waals surface area (Å²) in [5.74, 6) is 11.1. The second-order valence-electron chi connectivity index (χ2n) is 6.80. The van der Waals surface area contributed by atoms with Crippen molar-refractivity contribution in [2.45, 2.75) is 43.6 Å². The van der Waals surface area contributed by atoms with Gasteiger partial charge >= 0.3 is 0 Å². The number of rotatable bonds is 2. The average molecular weight is 343 g/mol. The van der Waals surface area contributed by atoms with Gasteiger partial charge in [0.05, 0.1) is 23.9 Å². The molecule has 0 aliphatic heterocycles. The summed E-state index contributed by atoms with van der Waals surface area (Å²) in [4.78, 5) is 7.09. The summed E-state index contributed by atoms with van der Waals surface area (Å²) >= 11 is 0. The molecule has 132 valence electrons. The third-order valence-corrected chi connectivity index (χ3v) is 5.14. The summed E-state index contributed by atoms with van der Waals surface area (Å²) in [7, 11) is 0. The monoisotopic (exact) mass is 343 g/mol. The summed E-state index contributed by atoms with van der Waals surface area (Å²) in [6, 6.07) is 1.42. The Morgan fingerprint density at radius 3 is 2.88 bits per heavy atom. The summed E-state index contributed by atoms with van der Waals surface area (Å²) in [5, 5.41) is 35.6. The highest BCUT2D eigenvalue weighted by Crippen LogP contribution is 2.38. The zero-order valence-corrected chi connectivity index (χ0v) is 13.6. The maximum atomic E-state index is 10.5. The summed E-state index contributed by atoms with van der Waals surface area (Å²) in [6.45, 7) is 0. The first-order chi connectivity index (χ1) is 12.1. The molecular weight excluding hydrogens is 322 g/mol. The van der Waals surface area contributed by atoms with Crippen molar-refractivity contribution in [1.82, 2.24) is 14.5 Å². The molecule has 8 nitrogen and oxygen atoms in total. The number of nitrogens with two attached hydrogens (primary N) is 1. The number of nitrogens with one attached hydrogen (secondary N) is 1. The molecule has 0 radical (unpaired) electrons. The van der Waals surface area contributed by atoms with Crippen LogP contribution in [0.15, 0.2) is 23.7 Å². The Bertz CT molecular complexity index is 904. The number of aliphatic hydroxyl groups is 3. The second-order valence-corrected chi connectivity index (χ2v) is 6.80. The molecule has 2 aliphatic carbocycles. The van der Waals surface area contributed by atoms with Gasteiger partial charge in [0.15, 0.2) is 5.49 Å². The minimum atomic E-state index is -1.04. The van der Waals surface area contributed by atoms with Crippen LogP contribution in [-0.4, -0.2) is 48.2 Å². The van der Waals surface area contributed by atoms with Gasteiger partial charge in [-0.05, 0) is 25.3 Å². The van der Waals surface area contributed by atoms with Gasteiger partial charge in [-0.3, -0.25) is 0 Å². The molecule has 6 N–H and O–H groups in total. The molecule has 25 heavy (non-hydrogen) atoms. The molecule has 2 aromatic rings. The Morgan fingerprint density at radius 2 is 2.16 bits per heavy atom. The van der Waals surface area contributed by atoms with Crippen molar-refractivity contribution in [2.75, 3.05) is 0 Å². The fourth-order valence-corrected chi connectivity index (χ4v) is 3.55. The number of aromatic amines is 1. The van der Waals surface area contributed by atoms with E-state index in [9.17, 15) is 15.3 Å². The van der Waals surface area contributed by atoms with Crippen LogP contribution >= 0.6 is 0 Å². The topological polar surface area (TPSA) is 133 Å². The van der Waals surface area contributed by atoms with Gasteiger partial charge in [0.2, 0.25) is 0 Å². The minimum absolute atomic E-state index is 0.378. The van der Waals surface area contributed by atoms with E-state index in [0.717, 1.165) is 18.2 Å². The van der Waals surface area contributed by atoms with Crippen molar-refractivity contribution in [1.29, 1.82) is 0 Å². The number of nitrogens with zero attached hydrogens (tertiary/aromatic N) is 3. The van der Waals surface area contributed by atoms with Gasteiger partial charge in [-0.2, -0.15) is 5.10 Å². The van der Waals surface area contributed by atoms with Crippen molar-refractivity contribution in [3.05, 3.63) is 24.1 Å². The van der Waals surface area contributed by atoms with Gasteiger partial charge in [0.25, 0.3) is 0 Å². The van der Waals surface area contributed by atoms with Crippen LogP contribution < -0.4 is 11.3 Å². The van der Waals surface area contributed by atoms with E-state index < -0.39 is 24.2 Å². The van der Waals surface area contributed by atoms with Crippen molar-refractivity contribution in [3.8, 4) is 11.8 Å². The molecule has 5 atom stereocenters. The molecule has 2 heterocycles. The lowest BCUT2D eigenvalue weighted by atomic mass is 9.98. The van der Waals surface area contributed by atoms with E-state index in [2.05, 4.69) is 26.9 Å². The third kappa shape index (κ3) is 2.80. The quantitative estimate of drug-likeness (QED) is 0.276. The van der Waals surface area contributed by atoms with Crippen molar-refractivity contribution < 1.29 is 15.3 Å². The summed E-state index contributed by atoms with van der Waals surface area (Å²) in [5.41, 5.74) is 1.10. The molecule has 0 bridgehead atoms. The second kappa shape index (κ2) is 6.19. The zero-order valence-electron chi connectivity index (χ0n) is 13.6. The lowest BCUT2D eigenvalue weighted by Crippen LogP contribution is -2.33. The highest BCUT2D eigenvalue weighted by molar-refractivity contribution is 5.74. The molecule has 0 aromatic carbocycles. The van der Waals surface area contributed by atoms with Gasteiger partial charge in [-0.15, -0.1) is 0 Å². The Labute approximate surface area is 144 Å². The summed E-state index contributed by atoms with van der Waals surface area (Å²) in [6.07, 6.45) is 2.86. The maximum Gasteiger partial charge on any atom is 0.183 e. The van der Waals surface area contributed by atoms with E-state index in [0.29, 0.717) is 23.5 Å². The first-order valence-electron chi connectivity index (χ1n) is 8.43. The molecule has 1 unspecified atom stereocenters. The van der Waals surface area contributed by atoms with E-state index >= 15 is 0 Å². The maximum absolute atomic E-state index is 10.5. The van der Waals surface area contributed by atoms with Crippen LogP contribution in [0, 0.1) is 23.7 Å². The number of hydrogen-bond acceptors (Lipinski definition) is 6. The van der Waals surface area contributed by atoms with Crippen molar-refractivity contribution in [3.63, 3.8) is 0 Å². The van der Waals surface area contributed by atoms with E-state index in [1.165, 1.54) is 6.33 Å². The number of aliphatic hydroxyl groups excluding tert-OH is 3. The first kappa shape index (κ1) is 16.1. The van der Waals surface area contributed by atoms with Gasteiger partial charge in [0.1, 0.15) is 17.9 Å². The van der Waals surface area contributed by atoms with Crippen LogP contribution in [0.3, 0.4) is 0 Å². The molecule has 2 saturated carbocycles. The average Bonchev–Trinajstić information content (AvgIpc) is 3.29. The highest BCUT2D eigenvalue weighted by Gasteiger charge is 2.45. The normalized spacial score (nSPS) is 31.1. The van der Waals surface area contributed by atoms with Crippen LogP contribution in [0.1, 0.15) is 25.3 Å². The van der Waals surface area contributed by atoms with Gasteiger partial charge in [-0.1, -0.05) is 11.8 Å². The number of fused-ring (bicyclic) bond motifs is 1. The predicted molar refractivity (Wildman–Crippen MR) is 89.5 cm³/mol. The van der Waals surface area contributed by atoms with E-state index in [-0.39, 0.29) is 6.04 Å². The molecule has 0 saturated heterocycles. The Morgan fingerprint density at radius 1 is 1.36 bits per heavy atom. The molecule has 2 aromatic heterocycles. The fourth-order valence-electron chi connectivity index (χ4n) is 3.55. The number of aromatic nitrogens is 3. The molecule has 4 rings (SSSR count). The van der Waals surface area contributed by atoms with Gasteiger partial charge < -0.3 is 30.7 Å². The van der Waals surface area contributed by atoms with Crippen LogP contribution in [0.25, 0.3) is 11.0 Å². The largest absolute Gasteiger partial charge is 0.390 e. The van der Waals surface area contributed by atoms with E-state index in [1.807, 2.05) is 4.57 Å². The molecule has 2 fully saturated rings. The fraction of sp³-hybridized carbons (Fsp3) is 0.529. The SMILES string of the molecule is N/N=c1/nc[nH]c2c1ccn2[C@@H]1C[C@H](C(O)C#CC2CC2)[C@@H](O)[C@H]1O. The molecule has 0 spiro atoms. The van der Waals surface area contributed by atoms with Crippen LogP contribution in [0.4, 0.5) is 0 Å². The highest BCUT2D eigenvalue weighted by atomic mass is 16.3. The smallest absolute Gasteiger partial charge is 0.183 e. The molecule has 8 heteroatoms. The Hall–Kier alpha value is -2.34. The zero-order chi connectivity index (χ0) is 17.6. The van der Waals surface area contributed by atoms with Crippen molar-refractivity contribution in [2.24, 2.45) is 22.8 Å². The Kier molecular flexibility index (Phi) is 4.00. The van der Waals surface area contributed by atoms with Crippen LogP contribution in [-0.2, 0) is 0 Å². The number of hydrogen-bond donors (Lipinski definition) is 5. The Balaban J connectivity index is 1.64. The van der Waals surface area contributed by atoms with E-state index in [4.69, 9.17) is 5.84 Å². The standard InChI is InChI=1S/C17H21N5O3/c18-21-16-10-5-6-22(17(10)20-8-19-16)12-7-11(14(24)15(12)25)13(23)4-3-9-1-2-9/h5-6,8-9,11-15,23-25H,1-2,7,18H2,(H,19,20,21)/t11-,12-,13?,14-,15+/m1/s1. The van der Waals surface area contributed by atoms with Gasteiger partial charge in [-0.25, -0.2) is 4.98 Å². The minimum Gasteiger partial charge on any atom is -0.390 e. The predicted octanol–water partition coefficient (Wildman–Crippen LogP) is -0.804. The van der Waals surface area contributed by atoms with Gasteiger partial charge in [0, 0.05) is 18.0 Å². The number of H-pyrrole nitrogens is 1. The lowest BCUT2D eigenvalue weighted by molar-refractivity contribution is -0.0138. The van der Waals surface area contributed by atoms with E-state index in [1.54, 1.807) is 12.3 Å². The molecule has 0 amide bonds. The molecular formula is C17H21N5O3. The van der Waals surface area contributed by atoms with Crippen LogP contribution in [0.2, 0.25) is 0 Å². The lowest BCUT2D eigenvalue weighted by Gasteiger charge is -2.19.